The first kappa shape index (κ1) is 31.8. The highest BCUT2D eigenvalue weighted by molar-refractivity contribution is 4.80. The SMILES string of the molecule is CCCCCCCCCCCCCCCCCC[N+](C)(C)C[C@H](O)[C@H](O)[C@@H](O)[C@@H](O)CO. The molecule has 0 radical (unpaired) electrons. The van der Waals surface area contributed by atoms with Gasteiger partial charge in [0, 0.05) is 0 Å². The molecule has 0 aromatic carbocycles. The van der Waals surface area contributed by atoms with E-state index < -0.39 is 31.0 Å². The minimum absolute atomic E-state index is 0.287. The molecule has 0 unspecified atom stereocenters. The van der Waals surface area contributed by atoms with Gasteiger partial charge in [-0.05, 0) is 12.8 Å². The maximum absolute atomic E-state index is 10.2. The Kier molecular flexibility index (Phi) is 20.0. The van der Waals surface area contributed by atoms with Crippen molar-refractivity contribution in [2.45, 2.75) is 134 Å². The molecule has 6 nitrogen and oxygen atoms in total. The van der Waals surface area contributed by atoms with Crippen LogP contribution in [-0.2, 0) is 0 Å². The van der Waals surface area contributed by atoms with Crippen LogP contribution in [0.3, 0.4) is 0 Å². The molecule has 0 saturated heterocycles. The number of nitrogens with zero attached hydrogens (tertiary/aromatic N) is 1. The number of hydrogen-bond donors (Lipinski definition) is 5. The molecule has 0 rings (SSSR count). The Morgan fingerprint density at radius 3 is 1.25 bits per heavy atom. The maximum Gasteiger partial charge on any atom is 0.131 e. The molecule has 0 fully saturated rings. The van der Waals surface area contributed by atoms with E-state index in [2.05, 4.69) is 6.92 Å². The van der Waals surface area contributed by atoms with E-state index in [9.17, 15) is 20.4 Å². The molecule has 0 aromatic rings. The molecule has 0 saturated carbocycles. The largest absolute Gasteiger partial charge is 0.394 e. The molecule has 4 atom stereocenters. The molecule has 0 aromatic heterocycles. The van der Waals surface area contributed by atoms with Crippen molar-refractivity contribution in [1.29, 1.82) is 0 Å². The van der Waals surface area contributed by atoms with Gasteiger partial charge in [-0.3, -0.25) is 0 Å². The van der Waals surface area contributed by atoms with Gasteiger partial charge in [-0.25, -0.2) is 0 Å². The Morgan fingerprint density at radius 1 is 0.531 bits per heavy atom. The Balaban J connectivity index is 3.61. The zero-order valence-electron chi connectivity index (χ0n) is 21.4. The van der Waals surface area contributed by atoms with Crippen LogP contribution in [-0.4, -0.2) is 88.2 Å². The van der Waals surface area contributed by atoms with Gasteiger partial charge >= 0.3 is 0 Å². The summed E-state index contributed by atoms with van der Waals surface area (Å²) in [6.07, 6.45) is 15.8. The predicted octanol–water partition coefficient (Wildman–Crippen LogP) is 3.76. The van der Waals surface area contributed by atoms with Gasteiger partial charge < -0.3 is 30.0 Å². The molecule has 0 spiro atoms. The van der Waals surface area contributed by atoms with Crippen LogP contribution >= 0.6 is 0 Å². The summed E-state index contributed by atoms with van der Waals surface area (Å²) in [6.45, 7) is 2.80. The van der Waals surface area contributed by atoms with Crippen LogP contribution in [0.1, 0.15) is 110 Å². The van der Waals surface area contributed by atoms with Crippen molar-refractivity contribution in [2.75, 3.05) is 33.8 Å². The monoisotopic (exact) mass is 462 g/mol. The van der Waals surface area contributed by atoms with Crippen LogP contribution in [0, 0.1) is 0 Å². The Labute approximate surface area is 198 Å². The first-order valence-electron chi connectivity index (χ1n) is 13.4. The number of likely N-dealkylation sites (N-methyl/N-ethyl adjacent to an activating group) is 1. The topological polar surface area (TPSA) is 101 Å². The fraction of sp³-hybridized carbons (Fsp3) is 1.00. The van der Waals surface area contributed by atoms with Gasteiger partial charge in [0.15, 0.2) is 0 Å². The normalized spacial score (nSPS) is 16.1. The number of quaternary nitrogens is 1. The van der Waals surface area contributed by atoms with Crippen molar-refractivity contribution in [3.8, 4) is 0 Å². The molecule has 0 aliphatic carbocycles. The third-order valence-corrected chi connectivity index (χ3v) is 6.62. The fourth-order valence-corrected chi connectivity index (χ4v) is 4.36. The van der Waals surface area contributed by atoms with Gasteiger partial charge in [-0.15, -0.1) is 0 Å². The quantitative estimate of drug-likeness (QED) is 0.118. The van der Waals surface area contributed by atoms with Gasteiger partial charge in [-0.1, -0.05) is 96.8 Å². The third-order valence-electron chi connectivity index (χ3n) is 6.62. The van der Waals surface area contributed by atoms with Crippen molar-refractivity contribution >= 4 is 0 Å². The van der Waals surface area contributed by atoms with E-state index in [1.165, 1.54) is 96.3 Å². The lowest BCUT2D eigenvalue weighted by Crippen LogP contribution is -2.54. The molecule has 0 aliphatic rings. The molecule has 0 amide bonds. The second-order valence-corrected chi connectivity index (χ2v) is 10.4. The summed E-state index contributed by atoms with van der Waals surface area (Å²) in [5.41, 5.74) is 0. The molecule has 0 heterocycles. The zero-order chi connectivity index (χ0) is 24.2. The molecule has 5 N–H and O–H groups in total. The number of unbranched alkanes of at least 4 members (excludes halogenated alkanes) is 15. The van der Waals surface area contributed by atoms with E-state index in [0.29, 0.717) is 4.48 Å². The molecular formula is C26H56NO5+. The summed E-state index contributed by atoms with van der Waals surface area (Å²) in [5, 5.41) is 48.2. The average molecular weight is 463 g/mol. The Bertz CT molecular complexity index is 408. The summed E-state index contributed by atoms with van der Waals surface area (Å²) < 4.78 is 0.540. The second-order valence-electron chi connectivity index (χ2n) is 10.4. The molecule has 32 heavy (non-hydrogen) atoms. The second kappa shape index (κ2) is 20.2. The van der Waals surface area contributed by atoms with Crippen molar-refractivity contribution in [3.63, 3.8) is 0 Å². The lowest BCUT2D eigenvalue weighted by atomic mass is 10.0. The highest BCUT2D eigenvalue weighted by Crippen LogP contribution is 2.15. The number of hydrogen-bond acceptors (Lipinski definition) is 5. The molecule has 6 heteroatoms. The fourth-order valence-electron chi connectivity index (χ4n) is 4.36. The van der Waals surface area contributed by atoms with E-state index in [1.54, 1.807) is 0 Å². The van der Waals surface area contributed by atoms with Gasteiger partial charge in [0.2, 0.25) is 0 Å². The van der Waals surface area contributed by atoms with E-state index in [0.717, 1.165) is 13.0 Å². The Morgan fingerprint density at radius 2 is 0.875 bits per heavy atom. The van der Waals surface area contributed by atoms with Crippen LogP contribution < -0.4 is 0 Å². The van der Waals surface area contributed by atoms with Crippen LogP contribution in [0.4, 0.5) is 0 Å². The first-order chi connectivity index (χ1) is 15.2. The first-order valence-corrected chi connectivity index (χ1v) is 13.4. The molecular weight excluding hydrogens is 406 g/mol. The minimum atomic E-state index is -1.55. The van der Waals surface area contributed by atoms with Crippen molar-refractivity contribution in [2.24, 2.45) is 0 Å². The standard InChI is InChI=1S/C26H56NO5/c1-4-5-6-7-8-9-10-11-12-13-14-15-16-17-18-19-20-27(2,3)21-23(29)25(31)26(32)24(30)22-28/h23-26,28-32H,4-22H2,1-3H3/q+1/t23-,24-,25-,26-/m0/s1. The smallest absolute Gasteiger partial charge is 0.131 e. The Hall–Kier alpha value is -0.240. The number of aliphatic hydroxyl groups is 5. The van der Waals surface area contributed by atoms with Gasteiger partial charge in [-0.2, -0.15) is 0 Å². The lowest BCUT2D eigenvalue weighted by Gasteiger charge is -2.34. The summed E-state index contributed by atoms with van der Waals surface area (Å²) >= 11 is 0. The number of aliphatic hydroxyl groups excluding tert-OH is 5. The number of rotatable bonds is 23. The van der Waals surface area contributed by atoms with Crippen LogP contribution in [0.2, 0.25) is 0 Å². The van der Waals surface area contributed by atoms with Crippen LogP contribution in [0.25, 0.3) is 0 Å². The maximum atomic E-state index is 10.2. The van der Waals surface area contributed by atoms with Crippen LogP contribution in [0.15, 0.2) is 0 Å². The predicted molar refractivity (Wildman–Crippen MR) is 133 cm³/mol. The van der Waals surface area contributed by atoms with Gasteiger partial charge in [0.05, 0.1) is 27.2 Å². The minimum Gasteiger partial charge on any atom is -0.394 e. The molecule has 0 bridgehead atoms. The summed E-state index contributed by atoms with van der Waals surface area (Å²) in [4.78, 5) is 0. The highest BCUT2D eigenvalue weighted by atomic mass is 16.4. The molecule has 0 aliphatic heterocycles. The van der Waals surface area contributed by atoms with E-state index in [-0.39, 0.29) is 6.54 Å². The van der Waals surface area contributed by atoms with E-state index >= 15 is 0 Å². The zero-order valence-corrected chi connectivity index (χ0v) is 21.4. The van der Waals surface area contributed by atoms with Gasteiger partial charge in [0.1, 0.15) is 31.0 Å². The van der Waals surface area contributed by atoms with E-state index in [1.807, 2.05) is 14.1 Å². The third kappa shape index (κ3) is 17.3. The van der Waals surface area contributed by atoms with Crippen molar-refractivity contribution in [1.82, 2.24) is 0 Å². The summed E-state index contributed by atoms with van der Waals surface area (Å²) in [5.74, 6) is 0. The van der Waals surface area contributed by atoms with E-state index in [4.69, 9.17) is 5.11 Å². The van der Waals surface area contributed by atoms with Crippen molar-refractivity contribution < 1.29 is 30.0 Å². The summed E-state index contributed by atoms with van der Waals surface area (Å²) in [6, 6.07) is 0. The lowest BCUT2D eigenvalue weighted by molar-refractivity contribution is -0.894. The average Bonchev–Trinajstić information content (AvgIpc) is 2.76. The van der Waals surface area contributed by atoms with Crippen molar-refractivity contribution in [3.05, 3.63) is 0 Å². The summed E-state index contributed by atoms with van der Waals surface area (Å²) in [7, 11) is 3.99. The highest BCUT2D eigenvalue weighted by Gasteiger charge is 2.33. The van der Waals surface area contributed by atoms with Gasteiger partial charge in [0.25, 0.3) is 0 Å². The molecule has 194 valence electrons. The van der Waals surface area contributed by atoms with Crippen LogP contribution in [0.5, 0.6) is 0 Å².